The van der Waals surface area contributed by atoms with Gasteiger partial charge in [-0.2, -0.15) is 0 Å². The van der Waals surface area contributed by atoms with E-state index >= 15 is 0 Å². The second-order valence-corrected chi connectivity index (χ2v) is 6.67. The van der Waals surface area contributed by atoms with Gasteiger partial charge in [-0.05, 0) is 38.5 Å². The summed E-state index contributed by atoms with van der Waals surface area (Å²) in [5.41, 5.74) is 4.12. The molecule has 5 nitrogen and oxygen atoms in total. The Kier molecular flexibility index (Phi) is 6.39. The minimum Gasteiger partial charge on any atom is -0.462 e. The van der Waals surface area contributed by atoms with Crippen LogP contribution in [0.1, 0.15) is 44.5 Å². The van der Waals surface area contributed by atoms with Crippen molar-refractivity contribution in [3.63, 3.8) is 0 Å². The third-order valence-electron chi connectivity index (χ3n) is 4.43. The van der Waals surface area contributed by atoms with Gasteiger partial charge < -0.3 is 9.47 Å². The lowest BCUT2D eigenvalue weighted by atomic mass is 10.0. The normalized spacial score (nSPS) is 10.4. The molecule has 0 unspecified atom stereocenters. The molecule has 29 heavy (non-hydrogen) atoms. The lowest BCUT2D eigenvalue weighted by molar-refractivity contribution is 0.0443. The van der Waals surface area contributed by atoms with Crippen molar-refractivity contribution in [3.8, 4) is 11.3 Å². The molecule has 0 N–H and O–H groups in total. The van der Waals surface area contributed by atoms with Crippen LogP contribution < -0.4 is 0 Å². The summed E-state index contributed by atoms with van der Waals surface area (Å²) in [4.78, 5) is 29.9. The highest BCUT2D eigenvalue weighted by molar-refractivity contribution is 6.04. The molecule has 0 aliphatic heterocycles. The zero-order chi connectivity index (χ0) is 20.8. The summed E-state index contributed by atoms with van der Waals surface area (Å²) in [6.45, 7) is 5.72. The van der Waals surface area contributed by atoms with Crippen molar-refractivity contribution in [1.82, 2.24) is 4.98 Å². The molecule has 3 rings (SSSR count). The Morgan fingerprint density at radius 3 is 2.34 bits per heavy atom. The first-order valence-electron chi connectivity index (χ1n) is 9.46. The van der Waals surface area contributed by atoms with Crippen LogP contribution in [0.2, 0.25) is 0 Å². The molecule has 5 heteroatoms. The molecule has 0 amide bonds. The fraction of sp³-hybridized carbons (Fsp3) is 0.208. The minimum atomic E-state index is -0.599. The van der Waals surface area contributed by atoms with E-state index in [1.165, 1.54) is 0 Å². The summed E-state index contributed by atoms with van der Waals surface area (Å²) in [6.07, 6.45) is 0. The Hall–Kier alpha value is -3.47. The SMILES string of the molecule is CCOC(=O)c1cc(-c2cccc(C)c2)nc(C)c1C(=O)OCc1ccccc1. The van der Waals surface area contributed by atoms with Gasteiger partial charge in [0.2, 0.25) is 0 Å². The molecule has 0 saturated carbocycles. The number of esters is 2. The fourth-order valence-corrected chi connectivity index (χ4v) is 3.05. The topological polar surface area (TPSA) is 65.5 Å². The van der Waals surface area contributed by atoms with E-state index in [0.29, 0.717) is 11.4 Å². The van der Waals surface area contributed by atoms with Crippen molar-refractivity contribution < 1.29 is 19.1 Å². The van der Waals surface area contributed by atoms with E-state index in [2.05, 4.69) is 4.98 Å². The maximum absolute atomic E-state index is 12.8. The van der Waals surface area contributed by atoms with E-state index in [1.807, 2.05) is 61.5 Å². The smallest absolute Gasteiger partial charge is 0.341 e. The molecule has 0 aliphatic rings. The maximum Gasteiger partial charge on any atom is 0.341 e. The largest absolute Gasteiger partial charge is 0.462 e. The number of carbonyl (C=O) groups is 2. The zero-order valence-electron chi connectivity index (χ0n) is 16.8. The summed E-state index contributed by atoms with van der Waals surface area (Å²) in [7, 11) is 0. The highest BCUT2D eigenvalue weighted by Gasteiger charge is 2.24. The second-order valence-electron chi connectivity index (χ2n) is 6.67. The lowest BCUT2D eigenvalue weighted by Gasteiger charge is -2.14. The van der Waals surface area contributed by atoms with Crippen LogP contribution >= 0.6 is 0 Å². The molecule has 3 aromatic rings. The van der Waals surface area contributed by atoms with Gasteiger partial charge in [-0.3, -0.25) is 4.98 Å². The molecule has 0 radical (unpaired) electrons. The summed E-state index contributed by atoms with van der Waals surface area (Å²) >= 11 is 0. The Morgan fingerprint density at radius 2 is 1.66 bits per heavy atom. The minimum absolute atomic E-state index is 0.112. The van der Waals surface area contributed by atoms with E-state index in [-0.39, 0.29) is 24.3 Å². The first kappa shape index (κ1) is 20.3. The molecule has 148 valence electrons. The van der Waals surface area contributed by atoms with Gasteiger partial charge in [0.25, 0.3) is 0 Å². The number of aryl methyl sites for hydroxylation is 2. The van der Waals surface area contributed by atoms with Crippen LogP contribution in [0.15, 0.2) is 60.7 Å². The Morgan fingerprint density at radius 1 is 0.897 bits per heavy atom. The van der Waals surface area contributed by atoms with Crippen LogP contribution in [0, 0.1) is 13.8 Å². The van der Waals surface area contributed by atoms with Crippen LogP contribution in [0.25, 0.3) is 11.3 Å². The van der Waals surface area contributed by atoms with Gasteiger partial charge >= 0.3 is 11.9 Å². The molecule has 0 bridgehead atoms. The number of ether oxygens (including phenoxy) is 2. The van der Waals surface area contributed by atoms with Crippen molar-refractivity contribution in [2.45, 2.75) is 27.4 Å². The van der Waals surface area contributed by atoms with Gasteiger partial charge in [-0.1, -0.05) is 54.1 Å². The van der Waals surface area contributed by atoms with E-state index in [4.69, 9.17) is 9.47 Å². The molecular formula is C24H23NO4. The average Bonchev–Trinajstić information content (AvgIpc) is 2.72. The van der Waals surface area contributed by atoms with Crippen LogP contribution in [0.4, 0.5) is 0 Å². The van der Waals surface area contributed by atoms with Gasteiger partial charge in [0.15, 0.2) is 0 Å². The molecular weight excluding hydrogens is 366 g/mol. The molecule has 1 aromatic heterocycles. The molecule has 1 heterocycles. The summed E-state index contributed by atoms with van der Waals surface area (Å²) in [6, 6.07) is 18.8. The molecule has 2 aromatic carbocycles. The lowest BCUT2D eigenvalue weighted by Crippen LogP contribution is -2.17. The Balaban J connectivity index is 1.98. The van der Waals surface area contributed by atoms with Gasteiger partial charge in [-0.25, -0.2) is 9.59 Å². The highest BCUT2D eigenvalue weighted by atomic mass is 16.5. The highest BCUT2D eigenvalue weighted by Crippen LogP contribution is 2.25. The summed E-state index contributed by atoms with van der Waals surface area (Å²) < 4.78 is 10.6. The number of pyridine rings is 1. The predicted octanol–water partition coefficient (Wildman–Crippen LogP) is 4.90. The van der Waals surface area contributed by atoms with Gasteiger partial charge in [0, 0.05) is 5.56 Å². The van der Waals surface area contributed by atoms with Crippen LogP contribution in [-0.4, -0.2) is 23.5 Å². The standard InChI is InChI=1S/C24H23NO4/c1-4-28-23(26)20-14-21(19-12-8-9-16(2)13-19)25-17(3)22(20)24(27)29-15-18-10-6-5-7-11-18/h5-14H,4,15H2,1-3H3. The first-order chi connectivity index (χ1) is 14.0. The quantitative estimate of drug-likeness (QED) is 0.561. The Labute approximate surface area is 170 Å². The monoisotopic (exact) mass is 389 g/mol. The number of aromatic nitrogens is 1. The molecule has 0 fully saturated rings. The predicted molar refractivity (Wildman–Crippen MR) is 111 cm³/mol. The molecule has 0 aliphatic carbocycles. The third-order valence-corrected chi connectivity index (χ3v) is 4.43. The molecule has 0 spiro atoms. The average molecular weight is 389 g/mol. The molecule has 0 saturated heterocycles. The van der Waals surface area contributed by atoms with E-state index in [0.717, 1.165) is 16.7 Å². The van der Waals surface area contributed by atoms with Crippen molar-refractivity contribution >= 4 is 11.9 Å². The van der Waals surface area contributed by atoms with Crippen molar-refractivity contribution in [2.75, 3.05) is 6.61 Å². The second kappa shape index (κ2) is 9.15. The number of hydrogen-bond donors (Lipinski definition) is 0. The van der Waals surface area contributed by atoms with Gasteiger partial charge in [0.1, 0.15) is 6.61 Å². The van der Waals surface area contributed by atoms with E-state index in [1.54, 1.807) is 19.9 Å². The number of benzene rings is 2. The number of hydrogen-bond acceptors (Lipinski definition) is 5. The fourth-order valence-electron chi connectivity index (χ4n) is 3.05. The van der Waals surface area contributed by atoms with Gasteiger partial charge in [-0.15, -0.1) is 0 Å². The van der Waals surface area contributed by atoms with Crippen molar-refractivity contribution in [2.24, 2.45) is 0 Å². The van der Waals surface area contributed by atoms with E-state index < -0.39 is 11.9 Å². The zero-order valence-corrected chi connectivity index (χ0v) is 16.8. The van der Waals surface area contributed by atoms with Crippen molar-refractivity contribution in [3.05, 3.63) is 88.6 Å². The first-order valence-corrected chi connectivity index (χ1v) is 9.46. The third kappa shape index (κ3) is 4.88. The number of nitrogens with zero attached hydrogens (tertiary/aromatic N) is 1. The number of carbonyl (C=O) groups excluding carboxylic acids is 2. The van der Waals surface area contributed by atoms with Crippen LogP contribution in [0.3, 0.4) is 0 Å². The maximum atomic E-state index is 12.8. The summed E-state index contributed by atoms with van der Waals surface area (Å²) in [5.74, 6) is -1.17. The van der Waals surface area contributed by atoms with Crippen LogP contribution in [0.5, 0.6) is 0 Å². The number of rotatable bonds is 6. The van der Waals surface area contributed by atoms with Gasteiger partial charge in [0.05, 0.1) is 29.1 Å². The summed E-state index contributed by atoms with van der Waals surface area (Å²) in [5, 5.41) is 0. The van der Waals surface area contributed by atoms with E-state index in [9.17, 15) is 9.59 Å². The van der Waals surface area contributed by atoms with Crippen molar-refractivity contribution in [1.29, 1.82) is 0 Å². The van der Waals surface area contributed by atoms with Crippen LogP contribution in [-0.2, 0) is 16.1 Å². The Bertz CT molecular complexity index is 1030. The molecule has 0 atom stereocenters.